The molecular weight excluding hydrogens is 334 g/mol. The molecule has 0 aliphatic rings. The third-order valence-corrected chi connectivity index (χ3v) is 4.87. The maximum absolute atomic E-state index is 12.3. The Labute approximate surface area is 153 Å². The van der Waals surface area contributed by atoms with E-state index in [2.05, 4.69) is 5.32 Å². The lowest BCUT2D eigenvalue weighted by molar-refractivity contribution is -0.152. The normalized spacial score (nSPS) is 13.0. The van der Waals surface area contributed by atoms with Gasteiger partial charge in [-0.05, 0) is 51.0 Å². The number of esters is 1. The van der Waals surface area contributed by atoms with E-state index in [0.29, 0.717) is 0 Å². The highest BCUT2D eigenvalue weighted by atomic mass is 32.2. The summed E-state index contributed by atoms with van der Waals surface area (Å²) < 4.78 is 5.33. The van der Waals surface area contributed by atoms with E-state index < -0.39 is 17.3 Å². The molecule has 0 saturated carbocycles. The van der Waals surface area contributed by atoms with Gasteiger partial charge >= 0.3 is 5.97 Å². The van der Waals surface area contributed by atoms with E-state index in [1.165, 1.54) is 11.8 Å². The van der Waals surface area contributed by atoms with Gasteiger partial charge in [0.15, 0.2) is 6.10 Å². The molecule has 0 fully saturated rings. The average molecular weight is 357 g/mol. The molecule has 25 heavy (non-hydrogen) atoms. The first-order valence-electron chi connectivity index (χ1n) is 8.17. The first-order valence-corrected chi connectivity index (χ1v) is 9.05. The van der Waals surface area contributed by atoms with Crippen molar-refractivity contribution in [3.05, 3.63) is 59.7 Å². The summed E-state index contributed by atoms with van der Waals surface area (Å²) in [7, 11) is 0. The van der Waals surface area contributed by atoms with E-state index in [9.17, 15) is 9.59 Å². The van der Waals surface area contributed by atoms with Gasteiger partial charge in [0.2, 0.25) is 0 Å². The quantitative estimate of drug-likeness (QED) is 0.617. The highest BCUT2D eigenvalue weighted by Gasteiger charge is 2.23. The van der Waals surface area contributed by atoms with E-state index in [0.717, 1.165) is 21.7 Å². The Kier molecular flexibility index (Phi) is 6.65. The van der Waals surface area contributed by atoms with Crippen LogP contribution in [0.15, 0.2) is 53.4 Å². The Bertz CT molecular complexity index is 726. The largest absolute Gasteiger partial charge is 0.452 e. The molecule has 0 radical (unpaired) electrons. The molecule has 0 bridgehead atoms. The van der Waals surface area contributed by atoms with Crippen LogP contribution in [-0.4, -0.2) is 23.2 Å². The van der Waals surface area contributed by atoms with Gasteiger partial charge in [0.1, 0.15) is 5.25 Å². The number of thioether (sulfide) groups is 1. The zero-order valence-electron chi connectivity index (χ0n) is 14.9. The predicted molar refractivity (Wildman–Crippen MR) is 102 cm³/mol. The molecule has 2 aromatic carbocycles. The Morgan fingerprint density at radius 2 is 1.56 bits per heavy atom. The summed E-state index contributed by atoms with van der Waals surface area (Å²) >= 11 is 1.41. The molecule has 0 aliphatic heterocycles. The standard InChI is InChI=1S/C20H23NO3S/c1-13-9-8-10-14(2)18(13)21-19(22)15(3)24-20(23)16(4)25-17-11-6-5-7-12-17/h5-12,15-16H,1-4H3,(H,21,22)/t15-,16-/m1/s1. The maximum atomic E-state index is 12.3. The number of ether oxygens (including phenoxy) is 1. The first-order chi connectivity index (χ1) is 11.9. The Morgan fingerprint density at radius 1 is 0.960 bits per heavy atom. The van der Waals surface area contributed by atoms with Crippen LogP contribution in [0.1, 0.15) is 25.0 Å². The summed E-state index contributed by atoms with van der Waals surface area (Å²) in [4.78, 5) is 25.5. The lowest BCUT2D eigenvalue weighted by Gasteiger charge is -2.18. The van der Waals surface area contributed by atoms with Crippen LogP contribution in [-0.2, 0) is 14.3 Å². The van der Waals surface area contributed by atoms with Crippen molar-refractivity contribution in [1.82, 2.24) is 0 Å². The van der Waals surface area contributed by atoms with Crippen molar-refractivity contribution in [1.29, 1.82) is 0 Å². The van der Waals surface area contributed by atoms with Crippen LogP contribution in [0.4, 0.5) is 5.69 Å². The van der Waals surface area contributed by atoms with Crippen molar-refractivity contribution < 1.29 is 14.3 Å². The number of benzene rings is 2. The van der Waals surface area contributed by atoms with Crippen LogP contribution >= 0.6 is 11.8 Å². The van der Waals surface area contributed by atoms with Gasteiger partial charge in [0, 0.05) is 10.6 Å². The number of amides is 1. The highest BCUT2D eigenvalue weighted by molar-refractivity contribution is 8.00. The van der Waals surface area contributed by atoms with Crippen molar-refractivity contribution in [3.8, 4) is 0 Å². The van der Waals surface area contributed by atoms with Gasteiger partial charge in [0.05, 0.1) is 0 Å². The lowest BCUT2D eigenvalue weighted by atomic mass is 10.1. The lowest BCUT2D eigenvalue weighted by Crippen LogP contribution is -2.32. The molecule has 1 amide bonds. The number of anilines is 1. The molecule has 0 spiro atoms. The van der Waals surface area contributed by atoms with Crippen LogP contribution in [0.3, 0.4) is 0 Å². The molecule has 1 N–H and O–H groups in total. The van der Waals surface area contributed by atoms with E-state index in [1.807, 2.05) is 62.4 Å². The fraction of sp³-hybridized carbons (Fsp3) is 0.300. The third-order valence-electron chi connectivity index (χ3n) is 3.78. The highest BCUT2D eigenvalue weighted by Crippen LogP contribution is 2.24. The predicted octanol–water partition coefficient (Wildman–Crippen LogP) is 4.35. The molecule has 2 atom stereocenters. The van der Waals surface area contributed by atoms with Crippen LogP contribution in [0.2, 0.25) is 0 Å². The third kappa shape index (κ3) is 5.36. The van der Waals surface area contributed by atoms with E-state index in [-0.39, 0.29) is 5.91 Å². The summed E-state index contributed by atoms with van der Waals surface area (Å²) in [6, 6.07) is 15.4. The topological polar surface area (TPSA) is 55.4 Å². The van der Waals surface area contributed by atoms with E-state index in [1.54, 1.807) is 13.8 Å². The first kappa shape index (κ1) is 19.1. The molecule has 0 unspecified atom stereocenters. The summed E-state index contributed by atoms with van der Waals surface area (Å²) in [5, 5.41) is 2.46. The number of hydrogen-bond acceptors (Lipinski definition) is 4. The van der Waals surface area contributed by atoms with Gasteiger partial charge in [0.25, 0.3) is 5.91 Å². The molecule has 0 heterocycles. The van der Waals surface area contributed by atoms with Gasteiger partial charge in [-0.3, -0.25) is 9.59 Å². The zero-order valence-corrected chi connectivity index (χ0v) is 15.7. The molecule has 132 valence electrons. The van der Waals surface area contributed by atoms with Crippen LogP contribution in [0.5, 0.6) is 0 Å². The van der Waals surface area contributed by atoms with Crippen molar-refractivity contribution in [2.45, 2.75) is 43.9 Å². The molecule has 2 aromatic rings. The number of para-hydroxylation sites is 1. The molecular formula is C20H23NO3S. The number of hydrogen-bond donors (Lipinski definition) is 1. The van der Waals surface area contributed by atoms with Crippen molar-refractivity contribution >= 4 is 29.3 Å². The number of rotatable bonds is 6. The maximum Gasteiger partial charge on any atom is 0.319 e. The van der Waals surface area contributed by atoms with Crippen LogP contribution in [0, 0.1) is 13.8 Å². The van der Waals surface area contributed by atoms with Crippen molar-refractivity contribution in [3.63, 3.8) is 0 Å². The Balaban J connectivity index is 1.93. The second kappa shape index (κ2) is 8.72. The number of nitrogens with one attached hydrogen (secondary N) is 1. The van der Waals surface area contributed by atoms with Gasteiger partial charge in [-0.25, -0.2) is 0 Å². The molecule has 4 nitrogen and oxygen atoms in total. The fourth-order valence-corrected chi connectivity index (χ4v) is 3.19. The Hall–Kier alpha value is -2.27. The van der Waals surface area contributed by atoms with Gasteiger partial charge in [-0.15, -0.1) is 11.8 Å². The van der Waals surface area contributed by atoms with Crippen molar-refractivity contribution in [2.24, 2.45) is 0 Å². The number of carbonyl (C=O) groups is 2. The zero-order chi connectivity index (χ0) is 18.4. The second-order valence-electron chi connectivity index (χ2n) is 5.91. The molecule has 0 aliphatic carbocycles. The number of aryl methyl sites for hydroxylation is 2. The van der Waals surface area contributed by atoms with E-state index in [4.69, 9.17) is 4.74 Å². The van der Waals surface area contributed by atoms with Gasteiger partial charge in [-0.1, -0.05) is 36.4 Å². The number of carbonyl (C=O) groups excluding carboxylic acids is 2. The Morgan fingerprint density at radius 3 is 2.16 bits per heavy atom. The summed E-state index contributed by atoms with van der Waals surface area (Å²) in [6.07, 6.45) is -0.856. The van der Waals surface area contributed by atoms with Crippen molar-refractivity contribution in [2.75, 3.05) is 5.32 Å². The molecule has 0 saturated heterocycles. The molecule has 2 rings (SSSR count). The molecule has 0 aromatic heterocycles. The second-order valence-corrected chi connectivity index (χ2v) is 7.32. The summed E-state index contributed by atoms with van der Waals surface area (Å²) in [5.41, 5.74) is 2.71. The molecule has 5 heteroatoms. The average Bonchev–Trinajstić information content (AvgIpc) is 2.58. The summed E-state index contributed by atoms with van der Waals surface area (Å²) in [5.74, 6) is -0.735. The minimum atomic E-state index is -0.856. The minimum Gasteiger partial charge on any atom is -0.452 e. The van der Waals surface area contributed by atoms with Gasteiger partial charge < -0.3 is 10.1 Å². The fourth-order valence-electron chi connectivity index (χ4n) is 2.31. The summed E-state index contributed by atoms with van der Waals surface area (Å²) in [6.45, 7) is 7.21. The van der Waals surface area contributed by atoms with Gasteiger partial charge in [-0.2, -0.15) is 0 Å². The minimum absolute atomic E-state index is 0.331. The van der Waals surface area contributed by atoms with Crippen LogP contribution < -0.4 is 5.32 Å². The van der Waals surface area contributed by atoms with Crippen LogP contribution in [0.25, 0.3) is 0 Å². The SMILES string of the molecule is Cc1cccc(C)c1NC(=O)[C@@H](C)OC(=O)[C@@H](C)Sc1ccccc1. The monoisotopic (exact) mass is 357 g/mol. The smallest absolute Gasteiger partial charge is 0.319 e. The van der Waals surface area contributed by atoms with E-state index >= 15 is 0 Å².